The lowest BCUT2D eigenvalue weighted by atomic mass is 9.88. The molecule has 1 saturated carbocycles. The Morgan fingerprint density at radius 1 is 1.29 bits per heavy atom. The number of hydrogen-bond acceptors (Lipinski definition) is 2. The molecule has 1 heterocycles. The molecule has 1 atom stereocenters. The predicted octanol–water partition coefficient (Wildman–Crippen LogP) is 3.47. The molecule has 1 aromatic rings. The van der Waals surface area contributed by atoms with E-state index in [2.05, 4.69) is 30.3 Å². The molecular weight excluding hydrogens is 212 g/mol. The quantitative estimate of drug-likeness (QED) is 0.853. The number of hydrogen-bond donors (Lipinski definition) is 1. The van der Waals surface area contributed by atoms with E-state index in [4.69, 9.17) is 0 Å². The SMILES string of the molecule is CC(C)(C)C(O)c1nccn1C1CCCCC1. The first-order valence-electron chi connectivity index (χ1n) is 6.71. The van der Waals surface area contributed by atoms with Gasteiger partial charge in [0.25, 0.3) is 0 Å². The van der Waals surface area contributed by atoms with Gasteiger partial charge in [0, 0.05) is 18.4 Å². The van der Waals surface area contributed by atoms with Crippen LogP contribution in [0.2, 0.25) is 0 Å². The van der Waals surface area contributed by atoms with Crippen molar-refractivity contribution in [2.24, 2.45) is 5.41 Å². The Kier molecular flexibility index (Phi) is 3.57. The first kappa shape index (κ1) is 12.6. The molecule has 1 unspecified atom stereocenters. The average molecular weight is 236 g/mol. The minimum Gasteiger partial charge on any atom is -0.385 e. The summed E-state index contributed by atoms with van der Waals surface area (Å²) >= 11 is 0. The lowest BCUT2D eigenvalue weighted by Crippen LogP contribution is -2.24. The van der Waals surface area contributed by atoms with Crippen molar-refractivity contribution in [1.29, 1.82) is 0 Å². The fourth-order valence-corrected chi connectivity index (χ4v) is 2.59. The summed E-state index contributed by atoms with van der Waals surface area (Å²) in [5, 5.41) is 10.4. The Morgan fingerprint density at radius 2 is 1.94 bits per heavy atom. The second-order valence-electron chi connectivity index (χ2n) is 6.25. The molecule has 0 aliphatic heterocycles. The Bertz CT molecular complexity index is 359. The summed E-state index contributed by atoms with van der Waals surface area (Å²) in [4.78, 5) is 4.37. The van der Waals surface area contributed by atoms with Crippen molar-refractivity contribution in [3.8, 4) is 0 Å². The summed E-state index contributed by atoms with van der Waals surface area (Å²) < 4.78 is 2.20. The summed E-state index contributed by atoms with van der Waals surface area (Å²) in [6.45, 7) is 6.16. The number of rotatable bonds is 2. The van der Waals surface area contributed by atoms with Crippen LogP contribution in [0.15, 0.2) is 12.4 Å². The van der Waals surface area contributed by atoms with Crippen LogP contribution in [-0.4, -0.2) is 14.7 Å². The largest absolute Gasteiger partial charge is 0.385 e. The van der Waals surface area contributed by atoms with Crippen LogP contribution in [0.4, 0.5) is 0 Å². The highest BCUT2D eigenvalue weighted by molar-refractivity contribution is 5.02. The fraction of sp³-hybridized carbons (Fsp3) is 0.786. The highest BCUT2D eigenvalue weighted by Crippen LogP contribution is 2.35. The molecule has 1 N–H and O–H groups in total. The first-order valence-corrected chi connectivity index (χ1v) is 6.71. The Morgan fingerprint density at radius 3 is 2.53 bits per heavy atom. The van der Waals surface area contributed by atoms with Crippen LogP contribution >= 0.6 is 0 Å². The van der Waals surface area contributed by atoms with E-state index in [9.17, 15) is 5.11 Å². The van der Waals surface area contributed by atoms with Crippen LogP contribution in [0.25, 0.3) is 0 Å². The second kappa shape index (κ2) is 4.81. The standard InChI is InChI=1S/C14H24N2O/c1-14(2,3)12(17)13-15-9-10-16(13)11-7-5-4-6-8-11/h9-12,17H,4-8H2,1-3H3. The van der Waals surface area contributed by atoms with Crippen LogP contribution in [-0.2, 0) is 0 Å². The van der Waals surface area contributed by atoms with Crippen molar-refractivity contribution in [2.45, 2.75) is 65.0 Å². The maximum absolute atomic E-state index is 10.4. The fourth-order valence-electron chi connectivity index (χ4n) is 2.59. The van der Waals surface area contributed by atoms with Gasteiger partial charge in [-0.2, -0.15) is 0 Å². The first-order chi connectivity index (χ1) is 8.00. The van der Waals surface area contributed by atoms with Gasteiger partial charge in [-0.1, -0.05) is 40.0 Å². The van der Waals surface area contributed by atoms with Gasteiger partial charge in [0.1, 0.15) is 11.9 Å². The van der Waals surface area contributed by atoms with Crippen molar-refractivity contribution < 1.29 is 5.11 Å². The molecule has 0 bridgehead atoms. The highest BCUT2D eigenvalue weighted by atomic mass is 16.3. The summed E-state index contributed by atoms with van der Waals surface area (Å²) in [6, 6.07) is 0.540. The smallest absolute Gasteiger partial charge is 0.138 e. The molecule has 2 rings (SSSR count). The molecule has 3 nitrogen and oxygen atoms in total. The van der Waals surface area contributed by atoms with E-state index in [0.29, 0.717) is 6.04 Å². The van der Waals surface area contributed by atoms with Crippen molar-refractivity contribution in [2.75, 3.05) is 0 Å². The molecular formula is C14H24N2O. The molecule has 0 saturated heterocycles. The summed E-state index contributed by atoms with van der Waals surface area (Å²) in [6.07, 6.45) is 9.75. The number of imidazole rings is 1. The molecule has 1 aliphatic rings. The van der Waals surface area contributed by atoms with Gasteiger partial charge in [0.2, 0.25) is 0 Å². The zero-order valence-electron chi connectivity index (χ0n) is 11.2. The maximum atomic E-state index is 10.4. The van der Waals surface area contributed by atoms with Crippen LogP contribution < -0.4 is 0 Å². The van der Waals surface area contributed by atoms with E-state index in [1.807, 2.05) is 12.4 Å². The summed E-state index contributed by atoms with van der Waals surface area (Å²) in [5.41, 5.74) is -0.155. The van der Waals surface area contributed by atoms with E-state index in [1.54, 1.807) is 0 Å². The molecule has 1 fully saturated rings. The normalized spacial score (nSPS) is 20.5. The van der Waals surface area contributed by atoms with Gasteiger partial charge >= 0.3 is 0 Å². The van der Waals surface area contributed by atoms with Crippen molar-refractivity contribution >= 4 is 0 Å². The van der Waals surface area contributed by atoms with Crippen LogP contribution in [0.1, 0.15) is 70.8 Å². The molecule has 1 aromatic heterocycles. The molecule has 0 spiro atoms. The third-order valence-corrected chi connectivity index (χ3v) is 3.73. The third kappa shape index (κ3) is 2.71. The average Bonchev–Trinajstić information content (AvgIpc) is 2.76. The van der Waals surface area contributed by atoms with Crippen molar-refractivity contribution in [3.63, 3.8) is 0 Å². The second-order valence-corrected chi connectivity index (χ2v) is 6.25. The number of nitrogens with zero attached hydrogens (tertiary/aromatic N) is 2. The summed E-state index contributed by atoms with van der Waals surface area (Å²) in [5.74, 6) is 0.837. The Labute approximate surface area is 104 Å². The predicted molar refractivity (Wildman–Crippen MR) is 68.8 cm³/mol. The van der Waals surface area contributed by atoms with Crippen LogP contribution in [0.3, 0.4) is 0 Å². The molecule has 3 heteroatoms. The van der Waals surface area contributed by atoms with E-state index >= 15 is 0 Å². The van der Waals surface area contributed by atoms with Gasteiger partial charge in [-0.15, -0.1) is 0 Å². The maximum Gasteiger partial charge on any atom is 0.138 e. The van der Waals surface area contributed by atoms with Crippen LogP contribution in [0, 0.1) is 5.41 Å². The number of aliphatic hydroxyl groups excluding tert-OH is 1. The molecule has 17 heavy (non-hydrogen) atoms. The van der Waals surface area contributed by atoms with E-state index < -0.39 is 6.10 Å². The van der Waals surface area contributed by atoms with Gasteiger partial charge in [-0.05, 0) is 18.3 Å². The van der Waals surface area contributed by atoms with Gasteiger partial charge < -0.3 is 9.67 Å². The van der Waals surface area contributed by atoms with E-state index in [0.717, 1.165) is 5.82 Å². The minimum absolute atomic E-state index is 0.155. The summed E-state index contributed by atoms with van der Waals surface area (Å²) in [7, 11) is 0. The Balaban J connectivity index is 2.21. The number of aromatic nitrogens is 2. The third-order valence-electron chi connectivity index (χ3n) is 3.73. The van der Waals surface area contributed by atoms with Crippen molar-refractivity contribution in [1.82, 2.24) is 9.55 Å². The van der Waals surface area contributed by atoms with Crippen molar-refractivity contribution in [3.05, 3.63) is 18.2 Å². The topological polar surface area (TPSA) is 38.1 Å². The number of aliphatic hydroxyl groups is 1. The van der Waals surface area contributed by atoms with Gasteiger partial charge in [-0.3, -0.25) is 0 Å². The molecule has 0 radical (unpaired) electrons. The van der Waals surface area contributed by atoms with Crippen LogP contribution in [0.5, 0.6) is 0 Å². The molecule has 1 aliphatic carbocycles. The lowest BCUT2D eigenvalue weighted by molar-refractivity contribution is 0.0494. The van der Waals surface area contributed by atoms with E-state index in [-0.39, 0.29) is 5.41 Å². The van der Waals surface area contributed by atoms with Gasteiger partial charge in [-0.25, -0.2) is 4.98 Å². The molecule has 0 aromatic carbocycles. The van der Waals surface area contributed by atoms with Gasteiger partial charge in [0.05, 0.1) is 0 Å². The zero-order valence-corrected chi connectivity index (χ0v) is 11.2. The Hall–Kier alpha value is -0.830. The van der Waals surface area contributed by atoms with Gasteiger partial charge in [0.15, 0.2) is 0 Å². The lowest BCUT2D eigenvalue weighted by Gasteiger charge is -2.30. The zero-order chi connectivity index (χ0) is 12.5. The molecule has 0 amide bonds. The van der Waals surface area contributed by atoms with E-state index in [1.165, 1.54) is 32.1 Å². The minimum atomic E-state index is -0.487. The monoisotopic (exact) mass is 236 g/mol. The molecule has 96 valence electrons. The highest BCUT2D eigenvalue weighted by Gasteiger charge is 2.29.